The average molecular weight is 455 g/mol. The number of halogens is 1. The van der Waals surface area contributed by atoms with Crippen LogP contribution in [0.15, 0.2) is 48.2 Å². The fourth-order valence-corrected chi connectivity index (χ4v) is 3.47. The third-order valence-electron chi connectivity index (χ3n) is 5.30. The highest BCUT2D eigenvalue weighted by molar-refractivity contribution is 6.30. The number of rotatable bonds is 6. The monoisotopic (exact) mass is 454 g/mol. The largest absolute Gasteiger partial charge is 0.449 e. The Kier molecular flexibility index (Phi) is 7.29. The van der Waals surface area contributed by atoms with E-state index in [2.05, 4.69) is 39.9 Å². The van der Waals surface area contributed by atoms with Crippen LogP contribution in [0.2, 0.25) is 5.02 Å². The van der Waals surface area contributed by atoms with E-state index in [-0.39, 0.29) is 29.5 Å². The van der Waals surface area contributed by atoms with Crippen molar-refractivity contribution in [2.24, 2.45) is 5.92 Å². The minimum Gasteiger partial charge on any atom is -0.449 e. The lowest BCUT2D eigenvalue weighted by molar-refractivity contribution is -0.123. The molecule has 2 aromatic carbocycles. The van der Waals surface area contributed by atoms with Crippen molar-refractivity contribution in [3.8, 4) is 5.75 Å². The molecular weight excluding hydrogens is 424 g/mol. The number of nitrogens with zero attached hydrogens (tertiary/aromatic N) is 1. The number of nitrogens with one attached hydrogen (secondary N) is 1. The molecule has 170 valence electrons. The summed E-state index contributed by atoms with van der Waals surface area (Å²) in [4.78, 5) is 27.5. The molecule has 1 N–H and O–H groups in total. The molecule has 3 rings (SSSR count). The summed E-state index contributed by atoms with van der Waals surface area (Å²) in [5, 5.41) is 3.53. The van der Waals surface area contributed by atoms with Gasteiger partial charge >= 0.3 is 0 Å². The number of amides is 2. The van der Waals surface area contributed by atoms with E-state index in [1.165, 1.54) is 4.90 Å². The molecule has 6 heteroatoms. The summed E-state index contributed by atoms with van der Waals surface area (Å²) in [6, 6.07) is 12.9. The van der Waals surface area contributed by atoms with Crippen LogP contribution in [0, 0.1) is 5.92 Å². The number of carbonyl (C=O) groups is 2. The van der Waals surface area contributed by atoms with Gasteiger partial charge in [0.15, 0.2) is 11.5 Å². The standard InChI is InChI=1S/C26H31ClN2O3/c1-17(2)12-13-28-24(30)16-29-21-15-19(26(3,4)5)8-11-22(21)32-23(25(29)31)14-18-6-9-20(27)10-7-18/h6-11,14-15,17H,12-13,16H2,1-5H3,(H,28,30). The van der Waals surface area contributed by atoms with Gasteiger partial charge in [-0.2, -0.15) is 0 Å². The molecule has 0 saturated heterocycles. The Morgan fingerprint density at radius 3 is 2.47 bits per heavy atom. The molecule has 1 aliphatic rings. The Labute approximate surface area is 195 Å². The quantitative estimate of drug-likeness (QED) is 0.581. The average Bonchev–Trinajstić information content (AvgIpc) is 2.71. The van der Waals surface area contributed by atoms with Crippen LogP contribution >= 0.6 is 11.6 Å². The predicted octanol–water partition coefficient (Wildman–Crippen LogP) is 5.57. The van der Waals surface area contributed by atoms with Crippen molar-refractivity contribution in [3.63, 3.8) is 0 Å². The van der Waals surface area contributed by atoms with Crippen molar-refractivity contribution in [2.75, 3.05) is 18.0 Å². The van der Waals surface area contributed by atoms with Gasteiger partial charge in [0.05, 0.1) is 5.69 Å². The minimum atomic E-state index is -0.350. The van der Waals surface area contributed by atoms with E-state index in [0.717, 1.165) is 17.5 Å². The van der Waals surface area contributed by atoms with Gasteiger partial charge in [-0.05, 0) is 59.2 Å². The first kappa shape index (κ1) is 23.9. The highest BCUT2D eigenvalue weighted by Crippen LogP contribution is 2.39. The normalized spacial score (nSPS) is 15.0. The molecule has 0 saturated carbocycles. The van der Waals surface area contributed by atoms with Crippen molar-refractivity contribution in [2.45, 2.75) is 46.5 Å². The summed E-state index contributed by atoms with van der Waals surface area (Å²) in [5.74, 6) is 0.659. The summed E-state index contributed by atoms with van der Waals surface area (Å²) in [5.41, 5.74) is 2.34. The Hall–Kier alpha value is -2.79. The second kappa shape index (κ2) is 9.78. The van der Waals surface area contributed by atoms with Crippen molar-refractivity contribution in [1.82, 2.24) is 5.32 Å². The fraction of sp³-hybridized carbons (Fsp3) is 0.385. The number of hydrogen-bond donors (Lipinski definition) is 1. The zero-order valence-electron chi connectivity index (χ0n) is 19.4. The minimum absolute atomic E-state index is 0.0706. The van der Waals surface area contributed by atoms with E-state index >= 15 is 0 Å². The summed E-state index contributed by atoms with van der Waals surface area (Å²) in [7, 11) is 0. The second-order valence-electron chi connectivity index (χ2n) is 9.52. The van der Waals surface area contributed by atoms with Crippen LogP contribution in [0.1, 0.15) is 52.2 Å². The van der Waals surface area contributed by atoms with Crippen molar-refractivity contribution in [1.29, 1.82) is 0 Å². The van der Waals surface area contributed by atoms with E-state index in [1.54, 1.807) is 18.2 Å². The molecule has 0 aromatic heterocycles. The highest BCUT2D eigenvalue weighted by Gasteiger charge is 2.33. The topological polar surface area (TPSA) is 58.6 Å². The second-order valence-corrected chi connectivity index (χ2v) is 9.95. The van der Waals surface area contributed by atoms with Gasteiger partial charge in [0.1, 0.15) is 6.54 Å². The maximum atomic E-state index is 13.4. The fourth-order valence-electron chi connectivity index (χ4n) is 3.34. The summed E-state index contributed by atoms with van der Waals surface area (Å²) < 4.78 is 5.98. The predicted molar refractivity (Wildman–Crippen MR) is 130 cm³/mol. The van der Waals surface area contributed by atoms with Gasteiger partial charge in [0, 0.05) is 11.6 Å². The molecule has 0 aliphatic carbocycles. The maximum Gasteiger partial charge on any atom is 0.294 e. The molecule has 0 fully saturated rings. The lowest BCUT2D eigenvalue weighted by atomic mass is 9.86. The van der Waals surface area contributed by atoms with E-state index < -0.39 is 0 Å². The number of benzene rings is 2. The van der Waals surface area contributed by atoms with Crippen LogP contribution in [-0.4, -0.2) is 24.9 Å². The van der Waals surface area contributed by atoms with Crippen molar-refractivity contribution in [3.05, 3.63) is 64.4 Å². The van der Waals surface area contributed by atoms with E-state index in [9.17, 15) is 9.59 Å². The lowest BCUT2D eigenvalue weighted by Gasteiger charge is -2.32. The Bertz CT molecular complexity index is 1020. The highest BCUT2D eigenvalue weighted by atomic mass is 35.5. The number of anilines is 1. The third kappa shape index (κ3) is 5.92. The molecule has 5 nitrogen and oxygen atoms in total. The van der Waals surface area contributed by atoms with Crippen molar-refractivity contribution >= 4 is 35.2 Å². The molecule has 0 bridgehead atoms. The lowest BCUT2D eigenvalue weighted by Crippen LogP contribution is -2.44. The first-order valence-corrected chi connectivity index (χ1v) is 11.3. The van der Waals surface area contributed by atoms with Gasteiger partial charge in [-0.25, -0.2) is 0 Å². The zero-order chi connectivity index (χ0) is 23.5. The summed E-state index contributed by atoms with van der Waals surface area (Å²) in [6.07, 6.45) is 2.55. The molecule has 32 heavy (non-hydrogen) atoms. The molecule has 2 aromatic rings. The van der Waals surface area contributed by atoms with Gasteiger partial charge in [0.25, 0.3) is 5.91 Å². The van der Waals surface area contributed by atoms with E-state index in [4.69, 9.17) is 16.3 Å². The molecule has 0 spiro atoms. The van der Waals surface area contributed by atoms with Crippen LogP contribution in [-0.2, 0) is 15.0 Å². The zero-order valence-corrected chi connectivity index (χ0v) is 20.1. The van der Waals surface area contributed by atoms with Crippen LogP contribution in [0.25, 0.3) is 6.08 Å². The number of carbonyl (C=O) groups excluding carboxylic acids is 2. The number of hydrogen-bond acceptors (Lipinski definition) is 3. The Balaban J connectivity index is 1.94. The molecule has 0 unspecified atom stereocenters. The van der Waals surface area contributed by atoms with Gasteiger partial charge in [-0.1, -0.05) is 64.4 Å². The molecule has 0 atom stereocenters. The molecular formula is C26H31ClN2O3. The summed E-state index contributed by atoms with van der Waals surface area (Å²) in [6.45, 7) is 11.0. The van der Waals surface area contributed by atoms with Crippen LogP contribution in [0.5, 0.6) is 5.75 Å². The first-order chi connectivity index (χ1) is 15.0. The van der Waals surface area contributed by atoms with Gasteiger partial charge in [-0.15, -0.1) is 0 Å². The van der Waals surface area contributed by atoms with Gasteiger partial charge < -0.3 is 10.1 Å². The third-order valence-corrected chi connectivity index (χ3v) is 5.56. The molecule has 1 aliphatic heterocycles. The van der Waals surface area contributed by atoms with Gasteiger partial charge in [0.2, 0.25) is 5.91 Å². The van der Waals surface area contributed by atoms with Crippen molar-refractivity contribution < 1.29 is 14.3 Å². The smallest absolute Gasteiger partial charge is 0.294 e. The maximum absolute atomic E-state index is 13.4. The Morgan fingerprint density at radius 2 is 1.84 bits per heavy atom. The van der Waals surface area contributed by atoms with Gasteiger partial charge in [-0.3, -0.25) is 14.5 Å². The Morgan fingerprint density at radius 1 is 1.16 bits per heavy atom. The first-order valence-electron chi connectivity index (χ1n) is 10.9. The summed E-state index contributed by atoms with van der Waals surface area (Å²) >= 11 is 5.97. The van der Waals surface area contributed by atoms with Crippen LogP contribution in [0.3, 0.4) is 0 Å². The van der Waals surface area contributed by atoms with E-state index in [0.29, 0.717) is 28.9 Å². The molecule has 1 heterocycles. The van der Waals surface area contributed by atoms with Crippen LogP contribution < -0.4 is 15.0 Å². The molecule has 2 amide bonds. The van der Waals surface area contributed by atoms with E-state index in [1.807, 2.05) is 30.3 Å². The SMILES string of the molecule is CC(C)CCNC(=O)CN1C(=O)C(=Cc2ccc(Cl)cc2)Oc2ccc(C(C)(C)C)cc21. The number of fused-ring (bicyclic) bond motifs is 1. The van der Waals surface area contributed by atoms with Crippen LogP contribution in [0.4, 0.5) is 5.69 Å². The number of ether oxygens (including phenoxy) is 1. The molecule has 0 radical (unpaired) electrons.